The van der Waals surface area contributed by atoms with Gasteiger partial charge in [0.05, 0.1) is 34.6 Å². The molecule has 206 valence electrons. The number of anilines is 3. The van der Waals surface area contributed by atoms with Crippen molar-refractivity contribution < 1.29 is 14.3 Å². The molecule has 1 atom stereocenters. The van der Waals surface area contributed by atoms with E-state index in [2.05, 4.69) is 37.8 Å². The normalized spacial score (nSPS) is 16.2. The minimum absolute atomic E-state index is 0.0465. The topological polar surface area (TPSA) is 97.6 Å². The van der Waals surface area contributed by atoms with Crippen molar-refractivity contribution in [2.45, 2.75) is 13.0 Å². The van der Waals surface area contributed by atoms with Crippen LogP contribution in [0.15, 0.2) is 73.8 Å². The second kappa shape index (κ2) is 9.81. The zero-order valence-corrected chi connectivity index (χ0v) is 22.9. The molecule has 0 unspecified atom stereocenters. The second-order valence-corrected chi connectivity index (χ2v) is 10.4. The Morgan fingerprint density at radius 1 is 1.10 bits per heavy atom. The van der Waals surface area contributed by atoms with E-state index in [4.69, 9.17) is 9.47 Å². The van der Waals surface area contributed by atoms with Gasteiger partial charge in [0.25, 0.3) is 0 Å². The van der Waals surface area contributed by atoms with Crippen molar-refractivity contribution in [2.75, 3.05) is 36.5 Å². The van der Waals surface area contributed by atoms with E-state index in [1.165, 1.54) is 6.08 Å². The third kappa shape index (κ3) is 4.47. The number of ether oxygens (including phenoxy) is 2. The number of hydrogen-bond donors (Lipinski definition) is 1. The maximum Gasteiger partial charge on any atom is 0.246 e. The summed E-state index contributed by atoms with van der Waals surface area (Å²) in [6.07, 6.45) is 4.72. The van der Waals surface area contributed by atoms with Crippen molar-refractivity contribution in [1.82, 2.24) is 24.4 Å². The highest BCUT2D eigenvalue weighted by atomic mass is 16.5. The van der Waals surface area contributed by atoms with Gasteiger partial charge in [0.2, 0.25) is 5.91 Å². The predicted octanol–water partition coefficient (Wildman–Crippen LogP) is 4.96. The number of nitrogens with zero attached hydrogens (tertiary/aromatic N) is 6. The van der Waals surface area contributed by atoms with Gasteiger partial charge in [-0.25, -0.2) is 15.0 Å². The Morgan fingerprint density at radius 2 is 2.00 bits per heavy atom. The first-order valence-corrected chi connectivity index (χ1v) is 13.5. The summed E-state index contributed by atoms with van der Waals surface area (Å²) >= 11 is 0. The Kier molecular flexibility index (Phi) is 5.96. The Balaban J connectivity index is 1.14. The number of rotatable bonds is 5. The van der Waals surface area contributed by atoms with E-state index in [9.17, 15) is 4.79 Å². The van der Waals surface area contributed by atoms with Crippen LogP contribution in [0.5, 0.6) is 17.2 Å². The van der Waals surface area contributed by atoms with E-state index in [0.717, 1.165) is 62.7 Å². The first-order valence-electron chi connectivity index (χ1n) is 13.5. The number of carbonyl (C=O) groups excluding carboxylic acids is 1. The lowest BCUT2D eigenvalue weighted by molar-refractivity contribution is -0.127. The number of fused-ring (bicyclic) bond motifs is 5. The van der Waals surface area contributed by atoms with Crippen LogP contribution < -0.4 is 19.7 Å². The molecule has 41 heavy (non-hydrogen) atoms. The molecule has 1 N–H and O–H groups in total. The Bertz CT molecular complexity index is 1830. The first kappa shape index (κ1) is 24.9. The van der Waals surface area contributed by atoms with Crippen LogP contribution in [-0.2, 0) is 11.8 Å². The Hall–Kier alpha value is -5.12. The maximum absolute atomic E-state index is 12.2. The van der Waals surface area contributed by atoms with Crippen LogP contribution >= 0.6 is 0 Å². The van der Waals surface area contributed by atoms with Gasteiger partial charge in [-0.3, -0.25) is 4.79 Å². The SMILES string of the molecule is C=CC(=O)N1CCN2c3cc4c(Nc5ccc(Oc6ccc7c(c6)ncn7C)c(C)c5)ncnc4cc3OC[C@H]2C1. The third-order valence-electron chi connectivity index (χ3n) is 7.79. The minimum atomic E-state index is -0.0465. The molecule has 2 aliphatic rings. The number of aromatic nitrogens is 4. The van der Waals surface area contributed by atoms with Crippen LogP contribution in [0.4, 0.5) is 17.2 Å². The molecule has 0 bridgehead atoms. The third-order valence-corrected chi connectivity index (χ3v) is 7.79. The summed E-state index contributed by atoms with van der Waals surface area (Å²) in [6, 6.07) is 16.0. The quantitative estimate of drug-likeness (QED) is 0.309. The van der Waals surface area contributed by atoms with Crippen molar-refractivity contribution in [3.8, 4) is 17.2 Å². The number of amides is 1. The summed E-state index contributed by atoms with van der Waals surface area (Å²) in [5, 5.41) is 4.36. The summed E-state index contributed by atoms with van der Waals surface area (Å²) in [7, 11) is 1.97. The molecule has 2 aromatic heterocycles. The summed E-state index contributed by atoms with van der Waals surface area (Å²) in [4.78, 5) is 29.8. The second-order valence-electron chi connectivity index (χ2n) is 10.4. The number of carbonyl (C=O) groups is 1. The fraction of sp³-hybridized carbons (Fsp3) is 0.226. The van der Waals surface area contributed by atoms with Gasteiger partial charge in [0, 0.05) is 49.9 Å². The molecule has 0 spiro atoms. The first-order chi connectivity index (χ1) is 20.0. The standard InChI is InChI=1S/C31H29N7O3/c1-4-30(39)37-9-10-38-21(15-37)16-40-29-14-24-23(13-27(29)38)31(33-17-32-24)35-20-5-8-28(19(2)11-20)41-22-6-7-26-25(12-22)34-18-36(26)3/h4-8,11-14,17-18,21H,1,9-10,15-16H2,2-3H3,(H,32,33,35)/t21-/m1/s1. The highest BCUT2D eigenvalue weighted by Gasteiger charge is 2.34. The molecule has 5 aromatic rings. The van der Waals surface area contributed by atoms with E-state index in [1.54, 1.807) is 12.7 Å². The molecule has 4 heterocycles. The lowest BCUT2D eigenvalue weighted by Crippen LogP contribution is -2.58. The highest BCUT2D eigenvalue weighted by Crippen LogP contribution is 2.40. The summed E-state index contributed by atoms with van der Waals surface area (Å²) < 4.78 is 14.3. The van der Waals surface area contributed by atoms with E-state index >= 15 is 0 Å². The predicted molar refractivity (Wildman–Crippen MR) is 158 cm³/mol. The van der Waals surface area contributed by atoms with Crippen molar-refractivity contribution in [3.05, 3.63) is 79.4 Å². The smallest absolute Gasteiger partial charge is 0.246 e. The van der Waals surface area contributed by atoms with E-state index < -0.39 is 0 Å². The molecule has 7 rings (SSSR count). The van der Waals surface area contributed by atoms with Gasteiger partial charge in [-0.15, -0.1) is 0 Å². The molecule has 1 saturated heterocycles. The van der Waals surface area contributed by atoms with Crippen LogP contribution in [0.3, 0.4) is 0 Å². The van der Waals surface area contributed by atoms with E-state index in [0.29, 0.717) is 25.5 Å². The minimum Gasteiger partial charge on any atom is -0.489 e. The molecule has 10 nitrogen and oxygen atoms in total. The highest BCUT2D eigenvalue weighted by molar-refractivity contribution is 5.95. The summed E-state index contributed by atoms with van der Waals surface area (Å²) in [5.74, 6) is 2.96. The molecular weight excluding hydrogens is 518 g/mol. The van der Waals surface area contributed by atoms with Crippen LogP contribution in [0.25, 0.3) is 21.9 Å². The molecule has 0 radical (unpaired) electrons. The van der Waals surface area contributed by atoms with Crippen LogP contribution in [0, 0.1) is 6.92 Å². The maximum atomic E-state index is 12.2. The zero-order valence-electron chi connectivity index (χ0n) is 22.9. The summed E-state index contributed by atoms with van der Waals surface area (Å²) in [5.41, 5.74) is 5.60. The Labute approximate surface area is 236 Å². The number of imidazole rings is 1. The van der Waals surface area contributed by atoms with E-state index in [1.807, 2.05) is 65.9 Å². The number of aryl methyl sites for hydroxylation is 2. The monoisotopic (exact) mass is 547 g/mol. The van der Waals surface area contributed by atoms with Gasteiger partial charge in [-0.2, -0.15) is 0 Å². The van der Waals surface area contributed by atoms with Gasteiger partial charge in [-0.05, 0) is 55.0 Å². The van der Waals surface area contributed by atoms with Gasteiger partial charge >= 0.3 is 0 Å². The fourth-order valence-corrected chi connectivity index (χ4v) is 5.63. The lowest BCUT2D eigenvalue weighted by Gasteiger charge is -2.45. The van der Waals surface area contributed by atoms with Crippen molar-refractivity contribution in [1.29, 1.82) is 0 Å². The average Bonchev–Trinajstić information content (AvgIpc) is 3.36. The molecule has 10 heteroatoms. The average molecular weight is 548 g/mol. The molecule has 0 aliphatic carbocycles. The molecule has 0 saturated carbocycles. The fourth-order valence-electron chi connectivity index (χ4n) is 5.63. The van der Waals surface area contributed by atoms with E-state index in [-0.39, 0.29) is 11.9 Å². The van der Waals surface area contributed by atoms with Gasteiger partial charge in [-0.1, -0.05) is 6.58 Å². The lowest BCUT2D eigenvalue weighted by atomic mass is 10.1. The molecular formula is C31H29N7O3. The van der Waals surface area contributed by atoms with Crippen LogP contribution in [0.2, 0.25) is 0 Å². The van der Waals surface area contributed by atoms with Crippen molar-refractivity contribution in [2.24, 2.45) is 7.05 Å². The molecule has 1 fully saturated rings. The number of piperazine rings is 1. The van der Waals surface area contributed by atoms with Gasteiger partial charge in [0.1, 0.15) is 36.0 Å². The van der Waals surface area contributed by atoms with Gasteiger partial charge < -0.3 is 29.2 Å². The summed E-state index contributed by atoms with van der Waals surface area (Å²) in [6.45, 7) is 8.11. The number of benzene rings is 3. The Morgan fingerprint density at radius 3 is 2.85 bits per heavy atom. The van der Waals surface area contributed by atoms with Crippen molar-refractivity contribution >= 4 is 45.0 Å². The van der Waals surface area contributed by atoms with Crippen LogP contribution in [-0.4, -0.2) is 62.6 Å². The molecule has 1 amide bonds. The van der Waals surface area contributed by atoms with Crippen molar-refractivity contribution in [3.63, 3.8) is 0 Å². The number of hydrogen-bond acceptors (Lipinski definition) is 8. The zero-order chi connectivity index (χ0) is 28.1. The van der Waals surface area contributed by atoms with Gasteiger partial charge in [0.15, 0.2) is 0 Å². The number of nitrogens with one attached hydrogen (secondary N) is 1. The van der Waals surface area contributed by atoms with Crippen LogP contribution in [0.1, 0.15) is 5.56 Å². The molecule has 3 aromatic carbocycles. The largest absolute Gasteiger partial charge is 0.489 e. The molecule has 2 aliphatic heterocycles.